The normalized spacial score (nSPS) is 16.8. The second-order valence-corrected chi connectivity index (χ2v) is 8.37. The van der Waals surface area contributed by atoms with E-state index in [-0.39, 0.29) is 0 Å². The fraction of sp³-hybridized carbons (Fsp3) is 0.222. The van der Waals surface area contributed by atoms with Crippen molar-refractivity contribution in [2.75, 3.05) is 0 Å². The van der Waals surface area contributed by atoms with Gasteiger partial charge in [-0.15, -0.1) is 13.3 Å². The molecule has 0 spiro atoms. The summed E-state index contributed by atoms with van der Waals surface area (Å²) in [6, 6.07) is 21.1. The minimum absolute atomic E-state index is 0.556. The van der Waals surface area contributed by atoms with Gasteiger partial charge in [0.25, 0.3) is 0 Å². The van der Waals surface area contributed by atoms with Gasteiger partial charge >= 0.3 is 99.2 Å². The van der Waals surface area contributed by atoms with Crippen molar-refractivity contribution in [1.29, 1.82) is 0 Å². The second kappa shape index (κ2) is 11.9. The van der Waals surface area contributed by atoms with Gasteiger partial charge in [0, 0.05) is 0 Å². The van der Waals surface area contributed by atoms with Gasteiger partial charge in [0.15, 0.2) is 0 Å². The summed E-state index contributed by atoms with van der Waals surface area (Å²) in [5.41, 5.74) is 6.72. The molecule has 28 heavy (non-hydrogen) atoms. The third-order valence-corrected chi connectivity index (χ3v) is 5.74. The molecule has 0 aliphatic heterocycles. The van der Waals surface area contributed by atoms with Crippen molar-refractivity contribution in [1.82, 2.24) is 0 Å². The molecule has 0 fully saturated rings. The molecule has 140 valence electrons. The summed E-state index contributed by atoms with van der Waals surface area (Å²) in [6.07, 6.45) is 13.8. The van der Waals surface area contributed by atoms with Crippen LogP contribution < -0.4 is 0 Å². The molecule has 0 amide bonds. The van der Waals surface area contributed by atoms with Gasteiger partial charge in [-0.25, -0.2) is 23.3 Å². The molecule has 2 aromatic carbocycles. The Morgan fingerprint density at radius 2 is 1.43 bits per heavy atom. The first kappa shape index (κ1) is 22.4. The maximum atomic E-state index is 3.19. The first-order chi connectivity index (χ1) is 13.5. The fourth-order valence-electron chi connectivity index (χ4n) is 2.88. The molecular formula is C27H28Zr. The van der Waals surface area contributed by atoms with Gasteiger partial charge in [0.05, 0.1) is 0 Å². The van der Waals surface area contributed by atoms with Gasteiger partial charge in [0.1, 0.15) is 0 Å². The first-order valence-corrected chi connectivity index (χ1v) is 10.9. The molecule has 2 aliphatic carbocycles. The van der Waals surface area contributed by atoms with E-state index < -0.39 is 0 Å². The Hall–Kier alpha value is -1.85. The molecule has 0 N–H and O–H groups in total. The number of rotatable bonds is 2. The van der Waals surface area contributed by atoms with Crippen LogP contribution in [0.2, 0.25) is 0 Å². The molecule has 0 heterocycles. The fourth-order valence-corrected chi connectivity index (χ4v) is 3.70. The molecule has 2 aliphatic rings. The van der Waals surface area contributed by atoms with Crippen molar-refractivity contribution < 1.29 is 24.2 Å². The van der Waals surface area contributed by atoms with Gasteiger partial charge < -0.3 is 0 Å². The molecule has 1 heteroatoms. The summed E-state index contributed by atoms with van der Waals surface area (Å²) in [4.78, 5) is 0. The van der Waals surface area contributed by atoms with Gasteiger partial charge in [-0.2, -0.15) is 11.6 Å². The van der Waals surface area contributed by atoms with E-state index >= 15 is 0 Å². The molecule has 4 rings (SSSR count). The Labute approximate surface area is 185 Å². The van der Waals surface area contributed by atoms with E-state index in [9.17, 15) is 0 Å². The first-order valence-electron chi connectivity index (χ1n) is 9.67. The number of hydrogen-bond donors (Lipinski definition) is 0. The Bertz CT molecular complexity index is 839. The van der Waals surface area contributed by atoms with E-state index in [0.717, 1.165) is 6.42 Å². The van der Waals surface area contributed by atoms with E-state index in [1.165, 1.54) is 55.3 Å². The van der Waals surface area contributed by atoms with Crippen LogP contribution in [0.25, 0.3) is 0 Å². The zero-order valence-corrected chi connectivity index (χ0v) is 19.7. The van der Waals surface area contributed by atoms with Crippen LogP contribution in [0.5, 0.6) is 0 Å². The second-order valence-electron chi connectivity index (χ2n) is 7.14. The molecular weight excluding hydrogens is 416 g/mol. The van der Waals surface area contributed by atoms with E-state index in [1.807, 2.05) is 6.08 Å². The Balaban J connectivity index is 0.000000168. The molecule has 0 radical (unpaired) electrons. The summed E-state index contributed by atoms with van der Waals surface area (Å²) in [7, 11) is 0. The van der Waals surface area contributed by atoms with E-state index in [0.29, 0.717) is 5.92 Å². The standard InChI is InChI=1S/C13H10.2C7H9.Zr/c1-3-7-12(8-4-1)11-13-9-5-2-6-10-13;2*1-6-3-4-7(2)5-6;/h1-10H;5H,3H2,1-2H3;3,5,7H,1-2H3;/q;2*-1;+2. The third kappa shape index (κ3) is 8.03. The zero-order valence-electron chi connectivity index (χ0n) is 17.3. The van der Waals surface area contributed by atoms with Crippen LogP contribution in [0, 0.1) is 18.1 Å². The van der Waals surface area contributed by atoms with Crippen LogP contribution in [-0.4, -0.2) is 3.21 Å². The molecule has 0 saturated heterocycles. The van der Waals surface area contributed by atoms with Gasteiger partial charge in [-0.05, 0) is 0 Å². The van der Waals surface area contributed by atoms with Crippen LogP contribution in [0.1, 0.15) is 45.2 Å². The molecule has 1 atom stereocenters. The monoisotopic (exact) mass is 442 g/mol. The SMILES string of the molecule is CC1=CC(C)[C-]=C1.CC1=[C-]CC(C)=C1.[Zr+2]=[C](c1ccccc1)c1ccccc1. The summed E-state index contributed by atoms with van der Waals surface area (Å²) < 4.78 is 1.42. The average Bonchev–Trinajstić information content (AvgIpc) is 3.29. The predicted octanol–water partition coefficient (Wildman–Crippen LogP) is 6.83. The van der Waals surface area contributed by atoms with E-state index in [2.05, 4.69) is 113 Å². The van der Waals surface area contributed by atoms with Gasteiger partial charge in [-0.3, -0.25) is 12.2 Å². The van der Waals surface area contributed by atoms with Crippen LogP contribution in [0.4, 0.5) is 0 Å². The van der Waals surface area contributed by atoms with Crippen molar-refractivity contribution >= 4 is 3.21 Å². The number of benzene rings is 2. The predicted molar refractivity (Wildman–Crippen MR) is 118 cm³/mol. The van der Waals surface area contributed by atoms with Crippen molar-refractivity contribution in [3.63, 3.8) is 0 Å². The zero-order chi connectivity index (χ0) is 20.4. The molecule has 1 unspecified atom stereocenters. The van der Waals surface area contributed by atoms with Crippen LogP contribution >= 0.6 is 0 Å². The third-order valence-electron chi connectivity index (χ3n) is 4.32. The Morgan fingerprint density at radius 3 is 1.68 bits per heavy atom. The average molecular weight is 444 g/mol. The maximum absolute atomic E-state index is 3.19. The number of allylic oxidation sites excluding steroid dienone is 8. The molecule has 2 aromatic rings. The van der Waals surface area contributed by atoms with Crippen LogP contribution in [0.3, 0.4) is 0 Å². The molecule has 0 nitrogen and oxygen atoms in total. The topological polar surface area (TPSA) is 0 Å². The van der Waals surface area contributed by atoms with E-state index in [1.54, 1.807) is 0 Å². The molecule has 0 aromatic heterocycles. The summed E-state index contributed by atoms with van der Waals surface area (Å²) in [5.74, 6) is 0.556. The van der Waals surface area contributed by atoms with E-state index in [4.69, 9.17) is 0 Å². The quantitative estimate of drug-likeness (QED) is 0.446. The Kier molecular flexibility index (Phi) is 9.52. The summed E-state index contributed by atoms with van der Waals surface area (Å²) in [5, 5.41) is 0. The molecule has 0 saturated carbocycles. The van der Waals surface area contributed by atoms with Crippen molar-refractivity contribution in [2.24, 2.45) is 5.92 Å². The number of hydrogen-bond acceptors (Lipinski definition) is 0. The van der Waals surface area contributed by atoms with Gasteiger partial charge in [0.2, 0.25) is 0 Å². The van der Waals surface area contributed by atoms with Crippen LogP contribution in [-0.2, 0) is 24.2 Å². The van der Waals surface area contributed by atoms with Crippen molar-refractivity contribution in [3.8, 4) is 0 Å². The van der Waals surface area contributed by atoms with Crippen molar-refractivity contribution in [2.45, 2.75) is 34.1 Å². The minimum atomic E-state index is 0.556. The Morgan fingerprint density at radius 1 is 0.893 bits per heavy atom. The summed E-state index contributed by atoms with van der Waals surface area (Å²) >= 11 is 1.46. The van der Waals surface area contributed by atoms with Gasteiger partial charge in [-0.1, -0.05) is 26.7 Å². The van der Waals surface area contributed by atoms with Crippen LogP contribution in [0.15, 0.2) is 95.6 Å². The van der Waals surface area contributed by atoms with Crippen molar-refractivity contribution in [3.05, 3.63) is 119 Å². The molecule has 0 bridgehead atoms. The summed E-state index contributed by atoms with van der Waals surface area (Å²) in [6.45, 7) is 8.43.